The molecule has 1 unspecified atom stereocenters. The molecule has 2 rings (SSSR count). The Balaban J connectivity index is 2.14. The first-order valence-corrected chi connectivity index (χ1v) is 6.90. The number of anilines is 2. The second kappa shape index (κ2) is 5.74. The lowest BCUT2D eigenvalue weighted by Gasteiger charge is -2.27. The Morgan fingerprint density at radius 1 is 1.41 bits per heavy atom. The third-order valence-electron chi connectivity index (χ3n) is 3.10. The average Bonchev–Trinajstić information content (AvgIpc) is 2.30. The van der Waals surface area contributed by atoms with E-state index in [-0.39, 0.29) is 0 Å². The maximum absolute atomic E-state index is 3.64. The maximum Gasteiger partial charge on any atom is 0.0597 e. The lowest BCUT2D eigenvalue weighted by atomic mass is 10.1. The molecule has 1 fully saturated rings. The Morgan fingerprint density at radius 2 is 2.24 bits per heavy atom. The van der Waals surface area contributed by atoms with Gasteiger partial charge in [-0.15, -0.1) is 0 Å². The lowest BCUT2D eigenvalue weighted by molar-refractivity contribution is 0.480. The van der Waals surface area contributed by atoms with E-state index in [2.05, 4.69) is 63.8 Å². The summed E-state index contributed by atoms with van der Waals surface area (Å²) in [6.07, 6.45) is 2.50. The normalized spacial score (nSPS) is 20.1. The molecule has 4 heteroatoms. The van der Waals surface area contributed by atoms with Gasteiger partial charge < -0.3 is 15.5 Å². The summed E-state index contributed by atoms with van der Waals surface area (Å²) in [5, 5.41) is 7.07. The molecular weight excluding hydrogens is 278 g/mol. The third-order valence-corrected chi connectivity index (χ3v) is 3.59. The standard InChI is InChI=1S/C13H20BrN3/c1-17(2)13-6-5-10(14)8-12(13)16-11-4-3-7-15-9-11/h5-6,8,11,15-16H,3-4,7,9H2,1-2H3. The largest absolute Gasteiger partial charge is 0.379 e. The molecule has 0 bridgehead atoms. The van der Waals surface area contributed by atoms with Gasteiger partial charge in [0.05, 0.1) is 11.4 Å². The van der Waals surface area contributed by atoms with Crippen molar-refractivity contribution in [1.29, 1.82) is 0 Å². The molecule has 0 saturated carbocycles. The molecule has 17 heavy (non-hydrogen) atoms. The van der Waals surface area contributed by atoms with Crippen molar-refractivity contribution in [3.63, 3.8) is 0 Å². The minimum Gasteiger partial charge on any atom is -0.379 e. The molecule has 1 saturated heterocycles. The number of rotatable bonds is 3. The first kappa shape index (κ1) is 12.7. The minimum atomic E-state index is 0.539. The third kappa shape index (κ3) is 3.36. The number of nitrogens with one attached hydrogen (secondary N) is 2. The topological polar surface area (TPSA) is 27.3 Å². The molecule has 0 spiro atoms. The monoisotopic (exact) mass is 297 g/mol. The van der Waals surface area contributed by atoms with Crippen LogP contribution >= 0.6 is 15.9 Å². The van der Waals surface area contributed by atoms with E-state index in [1.54, 1.807) is 0 Å². The summed E-state index contributed by atoms with van der Waals surface area (Å²) >= 11 is 3.54. The Morgan fingerprint density at radius 3 is 2.88 bits per heavy atom. The predicted octanol–water partition coefficient (Wildman–Crippen LogP) is 2.68. The van der Waals surface area contributed by atoms with Crippen LogP contribution in [0.5, 0.6) is 0 Å². The van der Waals surface area contributed by atoms with Gasteiger partial charge in [-0.25, -0.2) is 0 Å². The number of halogens is 1. The first-order valence-electron chi connectivity index (χ1n) is 6.11. The van der Waals surface area contributed by atoms with Crippen LogP contribution in [-0.4, -0.2) is 33.2 Å². The van der Waals surface area contributed by atoms with Crippen LogP contribution in [0.4, 0.5) is 11.4 Å². The number of piperidine rings is 1. The van der Waals surface area contributed by atoms with E-state index in [9.17, 15) is 0 Å². The van der Waals surface area contributed by atoms with E-state index >= 15 is 0 Å². The van der Waals surface area contributed by atoms with Crippen molar-refractivity contribution in [2.45, 2.75) is 18.9 Å². The van der Waals surface area contributed by atoms with Gasteiger partial charge in [-0.05, 0) is 37.6 Å². The van der Waals surface area contributed by atoms with Crippen molar-refractivity contribution in [3.05, 3.63) is 22.7 Å². The first-order chi connectivity index (χ1) is 8.16. The van der Waals surface area contributed by atoms with Crippen LogP contribution in [0.25, 0.3) is 0 Å². The van der Waals surface area contributed by atoms with Crippen LogP contribution in [0.2, 0.25) is 0 Å². The molecule has 1 aromatic carbocycles. The van der Waals surface area contributed by atoms with E-state index in [0.29, 0.717) is 6.04 Å². The van der Waals surface area contributed by atoms with Gasteiger partial charge in [0.25, 0.3) is 0 Å². The molecule has 1 aliphatic heterocycles. The van der Waals surface area contributed by atoms with Gasteiger partial charge in [0.1, 0.15) is 0 Å². The Hall–Kier alpha value is -0.740. The summed E-state index contributed by atoms with van der Waals surface area (Å²) in [6, 6.07) is 6.92. The summed E-state index contributed by atoms with van der Waals surface area (Å²) in [5.41, 5.74) is 2.44. The molecule has 1 atom stereocenters. The number of hydrogen-bond acceptors (Lipinski definition) is 3. The van der Waals surface area contributed by atoms with Crippen LogP contribution in [-0.2, 0) is 0 Å². The molecule has 1 aromatic rings. The van der Waals surface area contributed by atoms with Gasteiger partial charge in [-0.2, -0.15) is 0 Å². The molecule has 1 aliphatic rings. The van der Waals surface area contributed by atoms with Gasteiger partial charge in [-0.3, -0.25) is 0 Å². The van der Waals surface area contributed by atoms with Crippen molar-refractivity contribution in [2.24, 2.45) is 0 Å². The molecule has 94 valence electrons. The fourth-order valence-electron chi connectivity index (χ4n) is 2.21. The van der Waals surface area contributed by atoms with E-state index in [0.717, 1.165) is 17.6 Å². The average molecular weight is 298 g/mol. The van der Waals surface area contributed by atoms with Crippen molar-refractivity contribution in [2.75, 3.05) is 37.4 Å². The molecule has 1 heterocycles. The molecule has 0 amide bonds. The summed E-state index contributed by atoms with van der Waals surface area (Å²) in [7, 11) is 4.15. The molecule has 3 nitrogen and oxygen atoms in total. The van der Waals surface area contributed by atoms with Gasteiger partial charge in [0.2, 0.25) is 0 Å². The zero-order valence-electron chi connectivity index (χ0n) is 10.5. The second-order valence-electron chi connectivity index (χ2n) is 4.74. The highest BCUT2D eigenvalue weighted by atomic mass is 79.9. The molecular formula is C13H20BrN3. The summed E-state index contributed by atoms with van der Waals surface area (Å²) in [6.45, 7) is 2.20. The minimum absolute atomic E-state index is 0.539. The zero-order valence-corrected chi connectivity index (χ0v) is 12.0. The van der Waals surface area contributed by atoms with Crippen molar-refractivity contribution in [3.8, 4) is 0 Å². The molecule has 0 aromatic heterocycles. The summed E-state index contributed by atoms with van der Waals surface area (Å²) in [5.74, 6) is 0. The predicted molar refractivity (Wildman–Crippen MR) is 78.0 cm³/mol. The fourth-order valence-corrected chi connectivity index (χ4v) is 2.57. The van der Waals surface area contributed by atoms with E-state index in [1.807, 2.05) is 0 Å². The van der Waals surface area contributed by atoms with Crippen LogP contribution in [0.1, 0.15) is 12.8 Å². The summed E-state index contributed by atoms with van der Waals surface area (Å²) in [4.78, 5) is 2.14. The Labute approximate surface area is 112 Å². The molecule has 0 aliphatic carbocycles. The smallest absolute Gasteiger partial charge is 0.0597 e. The Kier molecular flexibility index (Phi) is 4.29. The zero-order chi connectivity index (χ0) is 12.3. The van der Waals surface area contributed by atoms with Gasteiger partial charge >= 0.3 is 0 Å². The summed E-state index contributed by atoms with van der Waals surface area (Å²) < 4.78 is 1.12. The molecule has 2 N–H and O–H groups in total. The van der Waals surface area contributed by atoms with Crippen molar-refractivity contribution >= 4 is 27.3 Å². The van der Waals surface area contributed by atoms with Gasteiger partial charge in [-0.1, -0.05) is 15.9 Å². The van der Waals surface area contributed by atoms with Crippen molar-refractivity contribution in [1.82, 2.24) is 5.32 Å². The maximum atomic E-state index is 3.64. The molecule has 0 radical (unpaired) electrons. The number of hydrogen-bond donors (Lipinski definition) is 2. The van der Waals surface area contributed by atoms with Gasteiger partial charge in [0, 0.05) is 31.2 Å². The van der Waals surface area contributed by atoms with Gasteiger partial charge in [0.15, 0.2) is 0 Å². The van der Waals surface area contributed by atoms with Crippen molar-refractivity contribution < 1.29 is 0 Å². The van der Waals surface area contributed by atoms with Crippen LogP contribution < -0.4 is 15.5 Å². The van der Waals surface area contributed by atoms with Crippen LogP contribution in [0.3, 0.4) is 0 Å². The quantitative estimate of drug-likeness (QED) is 0.898. The van der Waals surface area contributed by atoms with E-state index < -0.39 is 0 Å². The number of nitrogens with zero attached hydrogens (tertiary/aromatic N) is 1. The SMILES string of the molecule is CN(C)c1ccc(Br)cc1NC1CCCNC1. The Bertz CT molecular complexity index is 373. The number of benzene rings is 1. The van der Waals surface area contributed by atoms with Crippen LogP contribution in [0, 0.1) is 0 Å². The van der Waals surface area contributed by atoms with E-state index in [4.69, 9.17) is 0 Å². The highest BCUT2D eigenvalue weighted by molar-refractivity contribution is 9.10. The van der Waals surface area contributed by atoms with E-state index in [1.165, 1.54) is 24.2 Å². The van der Waals surface area contributed by atoms with Crippen LogP contribution in [0.15, 0.2) is 22.7 Å². The highest BCUT2D eigenvalue weighted by Crippen LogP contribution is 2.29. The highest BCUT2D eigenvalue weighted by Gasteiger charge is 2.14. The second-order valence-corrected chi connectivity index (χ2v) is 5.66. The fraction of sp³-hybridized carbons (Fsp3) is 0.538. The lowest BCUT2D eigenvalue weighted by Crippen LogP contribution is -2.38.